The van der Waals surface area contributed by atoms with Gasteiger partial charge in [-0.05, 0) is 84.9 Å². The zero-order valence-electron chi connectivity index (χ0n) is 34.1. The summed E-state index contributed by atoms with van der Waals surface area (Å²) in [4.78, 5) is 15.9. The van der Waals surface area contributed by atoms with Crippen molar-refractivity contribution in [2.24, 2.45) is 0 Å². The van der Waals surface area contributed by atoms with Crippen molar-refractivity contribution in [3.8, 4) is 45.5 Å². The Balaban J connectivity index is 0.968. The highest BCUT2D eigenvalue weighted by Crippen LogP contribution is 2.44. The number of thiophene rings is 2. The van der Waals surface area contributed by atoms with Crippen LogP contribution in [0.5, 0.6) is 0 Å². The second kappa shape index (κ2) is 13.8. The third kappa shape index (κ3) is 5.19. The molecule has 5 heterocycles. The van der Waals surface area contributed by atoms with Gasteiger partial charge in [0.1, 0.15) is 0 Å². The average Bonchev–Trinajstić information content (AvgIpc) is 4.12. The van der Waals surface area contributed by atoms with Gasteiger partial charge in [0, 0.05) is 90.0 Å². The van der Waals surface area contributed by atoms with Crippen molar-refractivity contribution in [3.63, 3.8) is 0 Å². The van der Waals surface area contributed by atoms with Crippen molar-refractivity contribution in [3.05, 3.63) is 200 Å². The summed E-state index contributed by atoms with van der Waals surface area (Å²) < 4.78 is 9.64. The Labute approximate surface area is 374 Å². The molecule has 14 rings (SSSR count). The van der Waals surface area contributed by atoms with Crippen molar-refractivity contribution in [1.82, 2.24) is 24.1 Å². The van der Waals surface area contributed by atoms with Crippen LogP contribution in [0.15, 0.2) is 200 Å². The molecule has 0 amide bonds. The minimum atomic E-state index is 0.639. The molecule has 14 aromatic rings. The summed E-state index contributed by atoms with van der Waals surface area (Å²) in [6.45, 7) is 0. The van der Waals surface area contributed by atoms with Gasteiger partial charge in [0.05, 0.1) is 22.1 Å². The molecule has 5 aromatic heterocycles. The van der Waals surface area contributed by atoms with E-state index in [2.05, 4.69) is 209 Å². The lowest BCUT2D eigenvalue weighted by Crippen LogP contribution is -2.01. The molecule has 0 N–H and O–H groups in total. The highest BCUT2D eigenvalue weighted by molar-refractivity contribution is 7.26. The van der Waals surface area contributed by atoms with Gasteiger partial charge in [-0.3, -0.25) is 0 Å². The van der Waals surface area contributed by atoms with Gasteiger partial charge in [0.25, 0.3) is 0 Å². The van der Waals surface area contributed by atoms with Gasteiger partial charge >= 0.3 is 0 Å². The quantitative estimate of drug-likeness (QED) is 0.173. The topological polar surface area (TPSA) is 48.5 Å². The average molecular weight is 852 g/mol. The zero-order valence-corrected chi connectivity index (χ0v) is 35.7. The first-order valence-corrected chi connectivity index (χ1v) is 23.1. The van der Waals surface area contributed by atoms with Crippen LogP contribution in [0.4, 0.5) is 0 Å². The molecule has 0 spiro atoms. The molecule has 0 atom stereocenters. The monoisotopic (exact) mass is 851 g/mol. The lowest BCUT2D eigenvalue weighted by Gasteiger charge is -2.12. The molecule has 0 saturated carbocycles. The highest BCUT2D eigenvalue weighted by Gasteiger charge is 2.22. The van der Waals surface area contributed by atoms with E-state index in [0.29, 0.717) is 17.5 Å². The molecule has 0 saturated heterocycles. The smallest absolute Gasteiger partial charge is 0.165 e. The summed E-state index contributed by atoms with van der Waals surface area (Å²) in [7, 11) is 0. The Hall–Kier alpha value is -7.97. The maximum Gasteiger partial charge on any atom is 0.165 e. The van der Waals surface area contributed by atoms with Crippen LogP contribution in [-0.2, 0) is 0 Å². The Morgan fingerprint density at radius 2 is 0.719 bits per heavy atom. The fraction of sp³-hybridized carbons (Fsp3) is 0. The number of hydrogen-bond donors (Lipinski definition) is 0. The van der Waals surface area contributed by atoms with Crippen molar-refractivity contribution < 1.29 is 0 Å². The summed E-state index contributed by atoms with van der Waals surface area (Å²) >= 11 is 3.59. The maximum absolute atomic E-state index is 5.32. The predicted octanol–water partition coefficient (Wildman–Crippen LogP) is 15.8. The van der Waals surface area contributed by atoms with Crippen LogP contribution >= 0.6 is 22.7 Å². The van der Waals surface area contributed by atoms with E-state index in [4.69, 9.17) is 15.0 Å². The molecule has 5 nitrogen and oxygen atoms in total. The molecule has 0 aliphatic heterocycles. The van der Waals surface area contributed by atoms with E-state index in [1.165, 1.54) is 72.9 Å². The summed E-state index contributed by atoms with van der Waals surface area (Å²) in [5.41, 5.74) is 9.87. The Kier molecular flexibility index (Phi) is 7.66. The van der Waals surface area contributed by atoms with Crippen LogP contribution in [-0.4, -0.2) is 24.1 Å². The molecule has 0 aliphatic carbocycles. The van der Waals surface area contributed by atoms with Gasteiger partial charge < -0.3 is 9.13 Å². The van der Waals surface area contributed by atoms with E-state index in [9.17, 15) is 0 Å². The van der Waals surface area contributed by atoms with E-state index in [-0.39, 0.29) is 0 Å². The summed E-state index contributed by atoms with van der Waals surface area (Å²) in [5.74, 6) is 1.97. The first kappa shape index (κ1) is 35.6. The molecule has 0 unspecified atom stereocenters. The van der Waals surface area contributed by atoms with Crippen LogP contribution in [0, 0.1) is 0 Å². The molecular weight excluding hydrogens is 819 g/mol. The summed E-state index contributed by atoms with van der Waals surface area (Å²) in [6.07, 6.45) is 0. The zero-order chi connectivity index (χ0) is 41.9. The van der Waals surface area contributed by atoms with Gasteiger partial charge in [0.2, 0.25) is 0 Å². The number of aromatic nitrogens is 5. The molecule has 298 valence electrons. The molecule has 0 aliphatic rings. The molecular formula is C57H33N5S2. The van der Waals surface area contributed by atoms with Gasteiger partial charge in [-0.1, -0.05) is 115 Å². The van der Waals surface area contributed by atoms with Gasteiger partial charge in [0.15, 0.2) is 17.5 Å². The molecule has 9 aromatic carbocycles. The third-order valence-electron chi connectivity index (χ3n) is 12.8. The second-order valence-electron chi connectivity index (χ2n) is 16.3. The number of fused-ring (bicyclic) bond motifs is 13. The normalized spacial score (nSPS) is 12.1. The summed E-state index contributed by atoms with van der Waals surface area (Å²) in [6, 6.07) is 71.8. The van der Waals surface area contributed by atoms with Crippen LogP contribution in [0.1, 0.15) is 0 Å². The van der Waals surface area contributed by atoms with Crippen LogP contribution < -0.4 is 0 Å². The van der Waals surface area contributed by atoms with Crippen LogP contribution in [0.3, 0.4) is 0 Å². The fourth-order valence-corrected chi connectivity index (χ4v) is 12.4. The van der Waals surface area contributed by atoms with Gasteiger partial charge in [-0.15, -0.1) is 22.7 Å². The predicted molar refractivity (Wildman–Crippen MR) is 271 cm³/mol. The Morgan fingerprint density at radius 1 is 0.297 bits per heavy atom. The number of para-hydroxylation sites is 3. The van der Waals surface area contributed by atoms with Crippen molar-refractivity contribution in [2.45, 2.75) is 0 Å². The van der Waals surface area contributed by atoms with Crippen LogP contribution in [0.2, 0.25) is 0 Å². The highest BCUT2D eigenvalue weighted by atomic mass is 32.1. The summed E-state index contributed by atoms with van der Waals surface area (Å²) in [5, 5.41) is 9.90. The maximum atomic E-state index is 5.32. The Bertz CT molecular complexity index is 4060. The number of benzene rings is 9. The molecule has 0 fully saturated rings. The fourth-order valence-electron chi connectivity index (χ4n) is 10.0. The van der Waals surface area contributed by atoms with Gasteiger partial charge in [-0.25, -0.2) is 15.0 Å². The minimum absolute atomic E-state index is 0.639. The Morgan fingerprint density at radius 3 is 1.25 bits per heavy atom. The van der Waals surface area contributed by atoms with Crippen molar-refractivity contribution in [2.75, 3.05) is 0 Å². The lowest BCUT2D eigenvalue weighted by atomic mass is 10.1. The molecule has 0 radical (unpaired) electrons. The second-order valence-corrected chi connectivity index (χ2v) is 18.4. The molecule has 64 heavy (non-hydrogen) atoms. The minimum Gasteiger partial charge on any atom is -0.309 e. The first-order chi connectivity index (χ1) is 31.7. The number of hydrogen-bond acceptors (Lipinski definition) is 5. The van der Waals surface area contributed by atoms with E-state index >= 15 is 0 Å². The van der Waals surface area contributed by atoms with Crippen molar-refractivity contribution >= 4 is 107 Å². The SMILES string of the molecule is c1ccc(-n2c3ccccc3c3c4c5ccccc5n(-c5ccc(-c6nc(-c7cccc8c7sc7ccccc78)nc(-c7cccc8c7sc7ccccc78)n6)cc5)c4ccc32)cc1. The van der Waals surface area contributed by atoms with E-state index in [1.54, 1.807) is 22.7 Å². The molecule has 7 heteroatoms. The van der Waals surface area contributed by atoms with Crippen LogP contribution in [0.25, 0.3) is 129 Å². The van der Waals surface area contributed by atoms with E-state index in [1.807, 2.05) is 0 Å². The number of rotatable bonds is 5. The standard InChI is InChI=1S/C57H33N5S2/c1-2-14-35(15-3-1)61-45-24-8-4-18-41(45)51-47(61)32-33-48-52(51)42-19-5-9-25-46(42)62(48)36-30-28-34(29-31-36)55-58-56(43-22-12-20-39-37-16-6-10-26-49(37)63-53(39)43)60-57(59-55)44-23-13-21-40-38-17-7-11-27-50(38)64-54(40)44/h1-33H. The van der Waals surface area contributed by atoms with E-state index < -0.39 is 0 Å². The van der Waals surface area contributed by atoms with E-state index in [0.717, 1.165) is 39.1 Å². The third-order valence-corrected chi connectivity index (χ3v) is 15.2. The largest absolute Gasteiger partial charge is 0.309 e. The molecule has 0 bridgehead atoms. The van der Waals surface area contributed by atoms with Gasteiger partial charge in [-0.2, -0.15) is 0 Å². The number of nitrogens with zero attached hydrogens (tertiary/aromatic N) is 5. The first-order valence-electron chi connectivity index (χ1n) is 21.4. The lowest BCUT2D eigenvalue weighted by molar-refractivity contribution is 1.08. The van der Waals surface area contributed by atoms with Crippen molar-refractivity contribution in [1.29, 1.82) is 0 Å².